The zero-order valence-electron chi connectivity index (χ0n) is 18.5. The van der Waals surface area contributed by atoms with Gasteiger partial charge in [0.05, 0.1) is 6.42 Å². The Morgan fingerprint density at radius 1 is 0.941 bits per heavy atom. The summed E-state index contributed by atoms with van der Waals surface area (Å²) in [7, 11) is 0. The first kappa shape index (κ1) is 24.6. The van der Waals surface area contributed by atoms with Crippen LogP contribution in [0.15, 0.2) is 60.7 Å². The predicted molar refractivity (Wildman–Crippen MR) is 122 cm³/mol. The van der Waals surface area contributed by atoms with Crippen LogP contribution in [0, 0.1) is 13.8 Å². The van der Waals surface area contributed by atoms with Crippen LogP contribution in [0.4, 0.5) is 23.7 Å². The monoisotopic (exact) mass is 472 g/mol. The Bertz CT molecular complexity index is 1170. The summed E-state index contributed by atoms with van der Waals surface area (Å²) in [4.78, 5) is 23.1. The third-order valence-corrected chi connectivity index (χ3v) is 5.00. The average molecular weight is 472 g/mol. The number of aryl methyl sites for hydroxylation is 2. The van der Waals surface area contributed by atoms with Gasteiger partial charge in [-0.1, -0.05) is 42.5 Å². The molecule has 0 spiro atoms. The summed E-state index contributed by atoms with van der Waals surface area (Å²) in [5.74, 6) is -1.22. The second kappa shape index (κ2) is 10.3. The lowest BCUT2D eigenvalue weighted by Gasteiger charge is -2.18. The number of urea groups is 1. The number of carbonyl (C=O) groups excluding carboxylic acids is 1. The van der Waals surface area contributed by atoms with E-state index in [1.54, 1.807) is 62.4 Å². The van der Waals surface area contributed by atoms with Gasteiger partial charge in [0.15, 0.2) is 0 Å². The summed E-state index contributed by atoms with van der Waals surface area (Å²) >= 11 is 0. The minimum atomic E-state index is -4.81. The van der Waals surface area contributed by atoms with E-state index >= 15 is 0 Å². The molecule has 0 saturated heterocycles. The molecular weight excluding hydrogens is 449 g/mol. The molecule has 0 atom stereocenters. The fourth-order valence-electron chi connectivity index (χ4n) is 3.65. The zero-order chi connectivity index (χ0) is 24.9. The van der Waals surface area contributed by atoms with Crippen molar-refractivity contribution in [1.82, 2.24) is 5.32 Å². The minimum Gasteiger partial charge on any atom is -0.481 e. The maximum Gasteiger partial charge on any atom is 0.573 e. The van der Waals surface area contributed by atoms with Crippen LogP contribution in [-0.2, 0) is 17.8 Å². The number of aliphatic carboxylic acids is 1. The van der Waals surface area contributed by atoms with Crippen LogP contribution in [0.2, 0.25) is 0 Å². The second-order valence-corrected chi connectivity index (χ2v) is 7.72. The number of para-hydroxylation sites is 1. The summed E-state index contributed by atoms with van der Waals surface area (Å²) in [6, 6.07) is 15.7. The van der Waals surface area contributed by atoms with E-state index in [9.17, 15) is 22.8 Å². The van der Waals surface area contributed by atoms with Crippen LogP contribution >= 0.6 is 0 Å². The molecule has 0 aromatic heterocycles. The molecule has 178 valence electrons. The molecule has 34 heavy (non-hydrogen) atoms. The normalized spacial score (nSPS) is 11.1. The van der Waals surface area contributed by atoms with Gasteiger partial charge < -0.3 is 20.5 Å². The number of carboxylic acids is 1. The Kier molecular flexibility index (Phi) is 7.45. The third-order valence-electron chi connectivity index (χ3n) is 5.00. The van der Waals surface area contributed by atoms with Crippen LogP contribution in [-0.4, -0.2) is 23.5 Å². The highest BCUT2D eigenvalue weighted by Crippen LogP contribution is 2.38. The van der Waals surface area contributed by atoms with Crippen molar-refractivity contribution >= 4 is 17.7 Å². The Morgan fingerprint density at radius 3 is 2.12 bits per heavy atom. The number of benzene rings is 3. The van der Waals surface area contributed by atoms with Gasteiger partial charge in [0.25, 0.3) is 0 Å². The van der Waals surface area contributed by atoms with Gasteiger partial charge in [-0.25, -0.2) is 4.79 Å². The lowest BCUT2D eigenvalue weighted by atomic mass is 9.94. The Balaban J connectivity index is 1.70. The van der Waals surface area contributed by atoms with Crippen molar-refractivity contribution in [3.8, 4) is 16.9 Å². The summed E-state index contributed by atoms with van der Waals surface area (Å²) in [6.07, 6.45) is -4.89. The van der Waals surface area contributed by atoms with Gasteiger partial charge in [-0.05, 0) is 59.9 Å². The first-order chi connectivity index (χ1) is 16.0. The summed E-state index contributed by atoms with van der Waals surface area (Å²) in [6.45, 7) is 3.72. The van der Waals surface area contributed by atoms with E-state index in [0.29, 0.717) is 33.5 Å². The molecule has 0 bridgehead atoms. The fraction of sp³-hybridized carbons (Fsp3) is 0.200. The molecule has 3 aromatic rings. The fourth-order valence-corrected chi connectivity index (χ4v) is 3.65. The molecule has 0 aliphatic heterocycles. The van der Waals surface area contributed by atoms with Gasteiger partial charge in [0.2, 0.25) is 0 Å². The molecule has 3 aromatic carbocycles. The SMILES string of the molecule is Cc1cc(NC(=O)NCc2ccc(CC(=O)O)cc2)cc(C)c1-c1ccccc1OC(F)(F)F. The van der Waals surface area contributed by atoms with Gasteiger partial charge in [-0.15, -0.1) is 13.2 Å². The molecule has 6 nitrogen and oxygen atoms in total. The second-order valence-electron chi connectivity index (χ2n) is 7.72. The van der Waals surface area contributed by atoms with Gasteiger partial charge >= 0.3 is 18.4 Å². The number of halogens is 3. The highest BCUT2D eigenvalue weighted by atomic mass is 19.4. The van der Waals surface area contributed by atoms with Crippen LogP contribution in [0.3, 0.4) is 0 Å². The molecule has 3 N–H and O–H groups in total. The lowest BCUT2D eigenvalue weighted by Crippen LogP contribution is -2.28. The maximum atomic E-state index is 12.8. The summed E-state index contributed by atoms with van der Waals surface area (Å²) in [5, 5.41) is 14.3. The van der Waals surface area contributed by atoms with E-state index in [2.05, 4.69) is 15.4 Å². The Hall–Kier alpha value is -4.01. The van der Waals surface area contributed by atoms with Crippen LogP contribution in [0.1, 0.15) is 22.3 Å². The average Bonchev–Trinajstić information content (AvgIpc) is 2.72. The number of nitrogens with one attached hydrogen (secondary N) is 2. The van der Waals surface area contributed by atoms with Crippen molar-refractivity contribution in [3.05, 3.63) is 82.9 Å². The third kappa shape index (κ3) is 6.74. The first-order valence-corrected chi connectivity index (χ1v) is 10.3. The molecule has 2 amide bonds. The molecule has 0 heterocycles. The van der Waals surface area contributed by atoms with E-state index in [-0.39, 0.29) is 18.7 Å². The van der Waals surface area contributed by atoms with E-state index in [1.807, 2.05) is 0 Å². The molecule has 3 rings (SSSR count). The molecule has 9 heteroatoms. The number of alkyl halides is 3. The Labute approximate surface area is 194 Å². The number of amides is 2. The van der Waals surface area contributed by atoms with Crippen molar-refractivity contribution < 1.29 is 32.6 Å². The number of rotatable bonds is 7. The quantitative estimate of drug-likeness (QED) is 0.405. The zero-order valence-corrected chi connectivity index (χ0v) is 18.5. The van der Waals surface area contributed by atoms with Crippen LogP contribution in [0.5, 0.6) is 5.75 Å². The topological polar surface area (TPSA) is 87.7 Å². The predicted octanol–water partition coefficient (Wildman–Crippen LogP) is 5.82. The maximum absolute atomic E-state index is 12.8. The summed E-state index contributed by atoms with van der Waals surface area (Å²) < 4.78 is 42.6. The number of carbonyl (C=O) groups is 2. The van der Waals surface area contributed by atoms with Crippen molar-refractivity contribution in [2.75, 3.05) is 5.32 Å². The van der Waals surface area contributed by atoms with Gasteiger partial charge in [0, 0.05) is 17.8 Å². The van der Waals surface area contributed by atoms with E-state index in [0.717, 1.165) is 5.56 Å². The highest BCUT2D eigenvalue weighted by molar-refractivity contribution is 5.90. The Morgan fingerprint density at radius 2 is 1.53 bits per heavy atom. The van der Waals surface area contributed by atoms with Crippen molar-refractivity contribution in [3.63, 3.8) is 0 Å². The number of hydrogen-bond acceptors (Lipinski definition) is 3. The van der Waals surface area contributed by atoms with E-state index in [4.69, 9.17) is 5.11 Å². The van der Waals surface area contributed by atoms with Gasteiger partial charge in [-0.2, -0.15) is 0 Å². The smallest absolute Gasteiger partial charge is 0.481 e. The number of hydrogen-bond donors (Lipinski definition) is 3. The molecule has 0 unspecified atom stereocenters. The minimum absolute atomic E-state index is 0.0737. The number of ether oxygens (including phenoxy) is 1. The van der Waals surface area contributed by atoms with Crippen LogP contribution in [0.25, 0.3) is 11.1 Å². The van der Waals surface area contributed by atoms with E-state index < -0.39 is 18.4 Å². The molecule has 0 saturated carbocycles. The molecule has 0 aliphatic rings. The van der Waals surface area contributed by atoms with Gasteiger partial charge in [-0.3, -0.25) is 4.79 Å². The van der Waals surface area contributed by atoms with Gasteiger partial charge in [0.1, 0.15) is 5.75 Å². The van der Waals surface area contributed by atoms with Crippen LogP contribution < -0.4 is 15.4 Å². The van der Waals surface area contributed by atoms with E-state index in [1.165, 1.54) is 12.1 Å². The van der Waals surface area contributed by atoms with Crippen molar-refractivity contribution in [1.29, 1.82) is 0 Å². The number of carboxylic acid groups (broad SMARTS) is 1. The molecule has 0 aliphatic carbocycles. The summed E-state index contributed by atoms with van der Waals surface area (Å²) in [5.41, 5.74) is 4.18. The molecule has 0 radical (unpaired) electrons. The first-order valence-electron chi connectivity index (χ1n) is 10.3. The number of anilines is 1. The largest absolute Gasteiger partial charge is 0.573 e. The standard InChI is InChI=1S/C25H23F3N2O4/c1-15-11-19(30-24(33)29-14-18-9-7-17(8-10-18)13-22(31)32)12-16(2)23(15)20-5-3-4-6-21(20)34-25(26,27)28/h3-12H,13-14H2,1-2H3,(H,31,32)(H2,29,30,33). The highest BCUT2D eigenvalue weighted by Gasteiger charge is 2.32. The van der Waals surface area contributed by atoms with Crippen molar-refractivity contribution in [2.24, 2.45) is 0 Å². The molecular formula is C25H23F3N2O4. The molecule has 0 fully saturated rings. The lowest BCUT2D eigenvalue weighted by molar-refractivity contribution is -0.274. The van der Waals surface area contributed by atoms with Crippen molar-refractivity contribution in [2.45, 2.75) is 33.2 Å².